The molecule has 2 fully saturated rings. The number of nitrogens with zero attached hydrogens (tertiary/aromatic N) is 1. The average molecular weight is 305 g/mol. The molecular weight excluding hydrogens is 285 g/mol. The van der Waals surface area contributed by atoms with Crippen molar-refractivity contribution in [3.8, 4) is 0 Å². The highest BCUT2D eigenvalue weighted by atomic mass is 19.1. The van der Waals surface area contributed by atoms with Crippen LogP contribution in [0.15, 0.2) is 30.3 Å². The number of amides is 1. The topological polar surface area (TPSA) is 38.8 Å². The zero-order valence-electron chi connectivity index (χ0n) is 12.4. The fraction of sp³-hybridized carbons (Fsp3) is 0.471. The molecule has 0 aromatic heterocycles. The van der Waals surface area contributed by atoms with Crippen LogP contribution < -0.4 is 0 Å². The number of likely N-dealkylation sites (tertiary alicyclic amines) is 1. The second-order valence-corrected chi connectivity index (χ2v) is 5.65. The third-order valence-corrected chi connectivity index (χ3v) is 4.11. The molecule has 5 heteroatoms. The van der Waals surface area contributed by atoms with Crippen molar-refractivity contribution in [3.05, 3.63) is 41.7 Å². The standard InChI is InChI=1S/C17H20FNO3/c18-15-6-2-1-4-13(15)7-8-16(20)19-9-3-5-14(12-19)17-21-10-11-22-17/h1-2,4,6-8,14,17H,3,5,9-12H2/b8-7+. The molecule has 0 saturated carbocycles. The largest absolute Gasteiger partial charge is 0.350 e. The Hall–Kier alpha value is -1.72. The van der Waals surface area contributed by atoms with E-state index in [1.54, 1.807) is 23.1 Å². The van der Waals surface area contributed by atoms with Gasteiger partial charge in [-0.15, -0.1) is 0 Å². The molecule has 1 atom stereocenters. The lowest BCUT2D eigenvalue weighted by Crippen LogP contribution is -2.43. The van der Waals surface area contributed by atoms with Crippen molar-refractivity contribution < 1.29 is 18.7 Å². The van der Waals surface area contributed by atoms with E-state index in [9.17, 15) is 9.18 Å². The second kappa shape index (κ2) is 7.03. The van der Waals surface area contributed by atoms with Gasteiger partial charge in [0.15, 0.2) is 6.29 Å². The molecule has 1 aromatic rings. The van der Waals surface area contributed by atoms with Crippen LogP contribution in [0.3, 0.4) is 0 Å². The van der Waals surface area contributed by atoms with Crippen LogP contribution in [0.2, 0.25) is 0 Å². The molecule has 22 heavy (non-hydrogen) atoms. The van der Waals surface area contributed by atoms with E-state index in [0.717, 1.165) is 19.4 Å². The van der Waals surface area contributed by atoms with Gasteiger partial charge < -0.3 is 14.4 Å². The highest BCUT2D eigenvalue weighted by Crippen LogP contribution is 2.25. The predicted molar refractivity (Wildman–Crippen MR) is 80.4 cm³/mol. The number of carbonyl (C=O) groups is 1. The molecule has 3 rings (SSSR count). The Kier molecular flexibility index (Phi) is 4.85. The Morgan fingerprint density at radius 2 is 2.05 bits per heavy atom. The van der Waals surface area contributed by atoms with E-state index in [4.69, 9.17) is 9.47 Å². The monoisotopic (exact) mass is 305 g/mol. The van der Waals surface area contributed by atoms with Crippen molar-refractivity contribution in [1.82, 2.24) is 4.90 Å². The predicted octanol–water partition coefficient (Wildman–Crippen LogP) is 2.45. The first-order valence-corrected chi connectivity index (χ1v) is 7.69. The summed E-state index contributed by atoms with van der Waals surface area (Å²) >= 11 is 0. The minimum atomic E-state index is -0.323. The van der Waals surface area contributed by atoms with Crippen LogP contribution in [0.25, 0.3) is 6.08 Å². The molecule has 0 aliphatic carbocycles. The molecule has 0 radical (unpaired) electrons. The zero-order valence-corrected chi connectivity index (χ0v) is 12.4. The third-order valence-electron chi connectivity index (χ3n) is 4.11. The van der Waals surface area contributed by atoms with E-state index in [2.05, 4.69) is 0 Å². The summed E-state index contributed by atoms with van der Waals surface area (Å²) in [6, 6.07) is 6.42. The van der Waals surface area contributed by atoms with Crippen LogP contribution >= 0.6 is 0 Å². The number of hydrogen-bond acceptors (Lipinski definition) is 3. The Balaban J connectivity index is 1.60. The van der Waals surface area contributed by atoms with Crippen LogP contribution in [-0.2, 0) is 14.3 Å². The fourth-order valence-electron chi connectivity index (χ4n) is 2.96. The highest BCUT2D eigenvalue weighted by Gasteiger charge is 2.32. The molecule has 4 nitrogen and oxygen atoms in total. The number of ether oxygens (including phenoxy) is 2. The fourth-order valence-corrected chi connectivity index (χ4v) is 2.96. The lowest BCUT2D eigenvalue weighted by molar-refractivity contribution is -0.134. The van der Waals surface area contributed by atoms with Gasteiger partial charge in [0.25, 0.3) is 0 Å². The summed E-state index contributed by atoms with van der Waals surface area (Å²) in [6.45, 7) is 2.61. The van der Waals surface area contributed by atoms with Crippen LogP contribution in [-0.4, -0.2) is 43.4 Å². The van der Waals surface area contributed by atoms with Gasteiger partial charge in [0.1, 0.15) is 5.82 Å². The van der Waals surface area contributed by atoms with Crippen LogP contribution in [0, 0.1) is 11.7 Å². The molecule has 118 valence electrons. The molecule has 2 saturated heterocycles. The van der Waals surface area contributed by atoms with Crippen molar-refractivity contribution in [2.45, 2.75) is 19.1 Å². The first-order valence-electron chi connectivity index (χ1n) is 7.69. The van der Waals surface area contributed by atoms with Gasteiger partial charge >= 0.3 is 0 Å². The molecule has 0 spiro atoms. The number of rotatable bonds is 3. The maximum atomic E-state index is 13.5. The highest BCUT2D eigenvalue weighted by molar-refractivity contribution is 5.91. The molecule has 0 N–H and O–H groups in total. The normalized spacial score (nSPS) is 23.3. The van der Waals surface area contributed by atoms with Crippen molar-refractivity contribution >= 4 is 12.0 Å². The van der Waals surface area contributed by atoms with Crippen molar-refractivity contribution in [3.63, 3.8) is 0 Å². The zero-order chi connectivity index (χ0) is 15.4. The van der Waals surface area contributed by atoms with E-state index < -0.39 is 0 Å². The lowest BCUT2D eigenvalue weighted by Gasteiger charge is -2.34. The van der Waals surface area contributed by atoms with E-state index in [1.807, 2.05) is 0 Å². The van der Waals surface area contributed by atoms with Crippen molar-refractivity contribution in [2.75, 3.05) is 26.3 Å². The van der Waals surface area contributed by atoms with Crippen LogP contribution in [0.4, 0.5) is 4.39 Å². The van der Waals surface area contributed by atoms with Gasteiger partial charge in [-0.25, -0.2) is 4.39 Å². The molecule has 2 aliphatic rings. The number of carbonyl (C=O) groups excluding carboxylic acids is 1. The summed E-state index contributed by atoms with van der Waals surface area (Å²) in [5, 5.41) is 0. The van der Waals surface area contributed by atoms with E-state index in [0.29, 0.717) is 25.3 Å². The average Bonchev–Trinajstić information content (AvgIpc) is 3.08. The van der Waals surface area contributed by atoms with Gasteiger partial charge in [-0.1, -0.05) is 18.2 Å². The van der Waals surface area contributed by atoms with Gasteiger partial charge in [0.2, 0.25) is 5.91 Å². The maximum absolute atomic E-state index is 13.5. The molecule has 2 heterocycles. The van der Waals surface area contributed by atoms with Crippen LogP contribution in [0.1, 0.15) is 18.4 Å². The summed E-state index contributed by atoms with van der Waals surface area (Å²) in [4.78, 5) is 14.1. The first kappa shape index (κ1) is 15.2. The number of piperidine rings is 1. The summed E-state index contributed by atoms with van der Waals surface area (Å²) in [7, 11) is 0. The smallest absolute Gasteiger partial charge is 0.246 e. The molecule has 1 unspecified atom stereocenters. The van der Waals surface area contributed by atoms with Gasteiger partial charge in [-0.2, -0.15) is 0 Å². The summed E-state index contributed by atoms with van der Waals surface area (Å²) in [5.41, 5.74) is 0.423. The molecule has 2 aliphatic heterocycles. The summed E-state index contributed by atoms with van der Waals surface area (Å²) < 4.78 is 24.6. The van der Waals surface area contributed by atoms with Gasteiger partial charge in [-0.3, -0.25) is 4.79 Å². The molecule has 0 bridgehead atoms. The Labute approximate surface area is 129 Å². The van der Waals surface area contributed by atoms with Crippen molar-refractivity contribution in [1.29, 1.82) is 0 Å². The van der Waals surface area contributed by atoms with Crippen LogP contribution in [0.5, 0.6) is 0 Å². The minimum absolute atomic E-state index is 0.0917. The quantitative estimate of drug-likeness (QED) is 0.805. The van der Waals surface area contributed by atoms with E-state index in [1.165, 1.54) is 18.2 Å². The molecule has 1 amide bonds. The number of benzene rings is 1. The van der Waals surface area contributed by atoms with E-state index >= 15 is 0 Å². The first-order chi connectivity index (χ1) is 10.7. The minimum Gasteiger partial charge on any atom is -0.350 e. The van der Waals surface area contributed by atoms with Crippen molar-refractivity contribution in [2.24, 2.45) is 5.92 Å². The Morgan fingerprint density at radius 1 is 1.27 bits per heavy atom. The molecular formula is C17H20FNO3. The summed E-state index contributed by atoms with van der Waals surface area (Å²) in [5.74, 6) is -0.191. The number of hydrogen-bond donors (Lipinski definition) is 0. The lowest BCUT2D eigenvalue weighted by atomic mass is 9.97. The van der Waals surface area contributed by atoms with Gasteiger partial charge in [0, 0.05) is 30.6 Å². The second-order valence-electron chi connectivity index (χ2n) is 5.65. The molecule has 1 aromatic carbocycles. The van der Waals surface area contributed by atoms with E-state index in [-0.39, 0.29) is 23.9 Å². The SMILES string of the molecule is O=C(/C=C/c1ccccc1F)N1CCCC(C2OCCO2)C1. The van der Waals surface area contributed by atoms with Gasteiger partial charge in [-0.05, 0) is 25.0 Å². The third kappa shape index (κ3) is 3.54. The maximum Gasteiger partial charge on any atom is 0.246 e. The number of halogens is 1. The Morgan fingerprint density at radius 3 is 2.82 bits per heavy atom. The summed E-state index contributed by atoms with van der Waals surface area (Å²) in [6.07, 6.45) is 4.73. The van der Waals surface area contributed by atoms with Gasteiger partial charge in [0.05, 0.1) is 13.2 Å². The Bertz CT molecular complexity index is 555.